The predicted molar refractivity (Wildman–Crippen MR) is 68.4 cm³/mol. The van der Waals surface area contributed by atoms with E-state index in [9.17, 15) is 4.39 Å². The second kappa shape index (κ2) is 5.06. The average molecular weight is 240 g/mol. The predicted octanol–water partition coefficient (Wildman–Crippen LogP) is 2.46. The summed E-state index contributed by atoms with van der Waals surface area (Å²) in [5.74, 6) is 2.04. The van der Waals surface area contributed by atoms with E-state index in [2.05, 4.69) is 5.32 Å². The Balaban J connectivity index is 2.08. The van der Waals surface area contributed by atoms with E-state index in [4.69, 9.17) is 5.73 Å². The lowest BCUT2D eigenvalue weighted by Gasteiger charge is -2.37. The van der Waals surface area contributed by atoms with E-state index >= 15 is 0 Å². The van der Waals surface area contributed by atoms with Crippen LogP contribution in [0.25, 0.3) is 0 Å². The second-order valence-electron chi connectivity index (χ2n) is 4.27. The maximum atomic E-state index is 12.8. The van der Waals surface area contributed by atoms with Crippen LogP contribution >= 0.6 is 11.8 Å². The van der Waals surface area contributed by atoms with Crippen LogP contribution in [0.2, 0.25) is 0 Å². The number of hydrogen-bond acceptors (Lipinski definition) is 3. The molecule has 1 atom stereocenters. The molecule has 1 aliphatic heterocycles. The van der Waals surface area contributed by atoms with Crippen molar-refractivity contribution in [1.29, 1.82) is 0 Å². The summed E-state index contributed by atoms with van der Waals surface area (Å²) in [7, 11) is 0. The number of rotatable bonds is 3. The molecule has 1 aromatic rings. The van der Waals surface area contributed by atoms with Gasteiger partial charge in [-0.3, -0.25) is 0 Å². The highest BCUT2D eigenvalue weighted by Crippen LogP contribution is 2.29. The summed E-state index contributed by atoms with van der Waals surface area (Å²) in [4.78, 5) is 0. The van der Waals surface area contributed by atoms with E-state index in [-0.39, 0.29) is 11.4 Å². The monoisotopic (exact) mass is 240 g/mol. The minimum atomic E-state index is -0.203. The van der Waals surface area contributed by atoms with Gasteiger partial charge in [0.15, 0.2) is 0 Å². The molecule has 2 nitrogen and oxygen atoms in total. The summed E-state index contributed by atoms with van der Waals surface area (Å²) in [5.41, 5.74) is 6.81. The van der Waals surface area contributed by atoms with Crippen LogP contribution in [0, 0.1) is 5.82 Å². The standard InChI is InChI=1S/C12H17FN2S/c13-10-2-4-11(5-3-10)15-12(8-14)6-1-7-16-9-12/h2-5,15H,1,6-9,14H2. The Hall–Kier alpha value is -0.740. The number of halogens is 1. The first kappa shape index (κ1) is 11.7. The Morgan fingerprint density at radius 2 is 2.12 bits per heavy atom. The normalized spacial score (nSPS) is 25.4. The molecule has 88 valence electrons. The van der Waals surface area contributed by atoms with Gasteiger partial charge in [-0.15, -0.1) is 0 Å². The highest BCUT2D eigenvalue weighted by Gasteiger charge is 2.30. The maximum Gasteiger partial charge on any atom is 0.123 e. The van der Waals surface area contributed by atoms with Crippen molar-refractivity contribution in [2.24, 2.45) is 5.73 Å². The fourth-order valence-corrected chi connectivity index (χ4v) is 3.22. The van der Waals surface area contributed by atoms with Gasteiger partial charge in [0.1, 0.15) is 5.82 Å². The van der Waals surface area contributed by atoms with Gasteiger partial charge in [0, 0.05) is 18.0 Å². The van der Waals surface area contributed by atoms with Crippen LogP contribution in [-0.4, -0.2) is 23.6 Å². The highest BCUT2D eigenvalue weighted by atomic mass is 32.2. The molecule has 1 unspecified atom stereocenters. The summed E-state index contributed by atoms with van der Waals surface area (Å²) >= 11 is 1.93. The molecule has 0 bridgehead atoms. The SMILES string of the molecule is NCC1(Nc2ccc(F)cc2)CCCSC1. The summed E-state index contributed by atoms with van der Waals surface area (Å²) in [6, 6.07) is 6.49. The fourth-order valence-electron chi connectivity index (χ4n) is 2.00. The lowest BCUT2D eigenvalue weighted by atomic mass is 9.95. The molecule has 1 aromatic carbocycles. The molecule has 1 heterocycles. The van der Waals surface area contributed by atoms with Crippen LogP contribution < -0.4 is 11.1 Å². The third kappa shape index (κ3) is 2.68. The Morgan fingerprint density at radius 1 is 1.38 bits per heavy atom. The van der Waals surface area contributed by atoms with Crippen molar-refractivity contribution in [2.75, 3.05) is 23.4 Å². The van der Waals surface area contributed by atoms with Gasteiger partial charge in [0.05, 0.1) is 5.54 Å². The van der Waals surface area contributed by atoms with E-state index in [1.54, 1.807) is 12.1 Å². The lowest BCUT2D eigenvalue weighted by molar-refractivity contribution is 0.476. The largest absolute Gasteiger partial charge is 0.377 e. The molecule has 0 spiro atoms. The van der Waals surface area contributed by atoms with Crippen molar-refractivity contribution in [1.82, 2.24) is 0 Å². The molecule has 1 fully saturated rings. The first-order valence-corrected chi connectivity index (χ1v) is 6.71. The molecule has 0 saturated carbocycles. The smallest absolute Gasteiger partial charge is 0.123 e. The molecule has 4 heteroatoms. The Labute approximate surface area is 99.8 Å². The zero-order chi connectivity index (χ0) is 11.4. The van der Waals surface area contributed by atoms with Crippen molar-refractivity contribution < 1.29 is 4.39 Å². The van der Waals surface area contributed by atoms with Gasteiger partial charge in [-0.05, 0) is 42.9 Å². The molecule has 0 radical (unpaired) electrons. The van der Waals surface area contributed by atoms with Crippen molar-refractivity contribution in [2.45, 2.75) is 18.4 Å². The van der Waals surface area contributed by atoms with Gasteiger partial charge < -0.3 is 11.1 Å². The van der Waals surface area contributed by atoms with Crippen LogP contribution in [0.4, 0.5) is 10.1 Å². The summed E-state index contributed by atoms with van der Waals surface area (Å²) in [6.07, 6.45) is 2.28. The number of nitrogens with one attached hydrogen (secondary N) is 1. The molecule has 16 heavy (non-hydrogen) atoms. The molecule has 2 rings (SSSR count). The fraction of sp³-hybridized carbons (Fsp3) is 0.500. The summed E-state index contributed by atoms with van der Waals surface area (Å²) < 4.78 is 12.8. The number of benzene rings is 1. The third-order valence-corrected chi connectivity index (χ3v) is 4.30. The molecule has 1 saturated heterocycles. The van der Waals surface area contributed by atoms with Gasteiger partial charge in [-0.25, -0.2) is 4.39 Å². The Bertz CT molecular complexity index is 333. The molecule has 3 N–H and O–H groups in total. The Kier molecular flexibility index (Phi) is 3.71. The highest BCUT2D eigenvalue weighted by molar-refractivity contribution is 7.99. The molecular formula is C12H17FN2S. The van der Waals surface area contributed by atoms with Crippen LogP contribution in [-0.2, 0) is 0 Å². The number of hydrogen-bond donors (Lipinski definition) is 2. The number of thioether (sulfide) groups is 1. The van der Waals surface area contributed by atoms with Gasteiger partial charge in [0.25, 0.3) is 0 Å². The molecule has 0 aromatic heterocycles. The van der Waals surface area contributed by atoms with Crippen molar-refractivity contribution in [3.8, 4) is 0 Å². The second-order valence-corrected chi connectivity index (χ2v) is 5.38. The van der Waals surface area contributed by atoms with Crippen molar-refractivity contribution >= 4 is 17.4 Å². The van der Waals surface area contributed by atoms with Gasteiger partial charge in [-0.1, -0.05) is 0 Å². The summed E-state index contributed by atoms with van der Waals surface area (Å²) in [5, 5.41) is 3.46. The topological polar surface area (TPSA) is 38.0 Å². The molecule has 0 aliphatic carbocycles. The third-order valence-electron chi connectivity index (χ3n) is 2.97. The molecular weight excluding hydrogens is 223 g/mol. The van der Waals surface area contributed by atoms with E-state index in [0.717, 1.165) is 17.9 Å². The molecule has 0 amide bonds. The van der Waals surface area contributed by atoms with Gasteiger partial charge in [0.2, 0.25) is 0 Å². The van der Waals surface area contributed by atoms with Crippen molar-refractivity contribution in [3.05, 3.63) is 30.1 Å². The van der Waals surface area contributed by atoms with Crippen molar-refractivity contribution in [3.63, 3.8) is 0 Å². The van der Waals surface area contributed by atoms with E-state index in [0.29, 0.717) is 6.54 Å². The minimum Gasteiger partial charge on any atom is -0.377 e. The minimum absolute atomic E-state index is 0.0131. The molecule has 1 aliphatic rings. The summed E-state index contributed by atoms with van der Waals surface area (Å²) in [6.45, 7) is 0.622. The van der Waals surface area contributed by atoms with Gasteiger partial charge in [-0.2, -0.15) is 11.8 Å². The Morgan fingerprint density at radius 3 is 2.69 bits per heavy atom. The van der Waals surface area contributed by atoms with E-state index < -0.39 is 0 Å². The van der Waals surface area contributed by atoms with Crippen LogP contribution in [0.3, 0.4) is 0 Å². The lowest BCUT2D eigenvalue weighted by Crippen LogP contribution is -2.49. The van der Waals surface area contributed by atoms with E-state index in [1.165, 1.54) is 24.3 Å². The zero-order valence-corrected chi connectivity index (χ0v) is 10.0. The quantitative estimate of drug-likeness (QED) is 0.852. The first-order chi connectivity index (χ1) is 7.74. The number of anilines is 1. The van der Waals surface area contributed by atoms with Crippen LogP contribution in [0.15, 0.2) is 24.3 Å². The van der Waals surface area contributed by atoms with Gasteiger partial charge >= 0.3 is 0 Å². The van der Waals surface area contributed by atoms with E-state index in [1.807, 2.05) is 11.8 Å². The number of nitrogens with two attached hydrogens (primary N) is 1. The first-order valence-electron chi connectivity index (χ1n) is 5.56. The van der Waals surface area contributed by atoms with Crippen LogP contribution in [0.1, 0.15) is 12.8 Å². The maximum absolute atomic E-state index is 12.8. The van der Waals surface area contributed by atoms with Crippen LogP contribution in [0.5, 0.6) is 0 Å². The average Bonchev–Trinajstić information content (AvgIpc) is 2.33. The zero-order valence-electron chi connectivity index (χ0n) is 9.21.